The fourth-order valence-electron chi connectivity index (χ4n) is 2.85. The van der Waals surface area contributed by atoms with Crippen molar-refractivity contribution in [3.8, 4) is 22.9 Å². The number of ether oxygens (including phenoxy) is 2. The van der Waals surface area contributed by atoms with Gasteiger partial charge in [-0.1, -0.05) is 35.5 Å². The van der Waals surface area contributed by atoms with Crippen molar-refractivity contribution in [3.05, 3.63) is 84.6 Å². The number of para-hydroxylation sites is 3. The average Bonchev–Trinajstić information content (AvgIpc) is 3.17. The highest BCUT2D eigenvalue weighted by molar-refractivity contribution is 6.05. The fourth-order valence-corrected chi connectivity index (χ4v) is 2.85. The number of carbonyl (C=O) groups excluding carboxylic acids is 1. The summed E-state index contributed by atoms with van der Waals surface area (Å²) in [5.41, 5.74) is 7.31. The van der Waals surface area contributed by atoms with Crippen molar-refractivity contribution >= 4 is 17.4 Å². The molecule has 4 rings (SSSR count). The van der Waals surface area contributed by atoms with Gasteiger partial charge in [-0.25, -0.2) is 0 Å². The second kappa shape index (κ2) is 8.36. The number of anilines is 2. The molecule has 0 aliphatic heterocycles. The van der Waals surface area contributed by atoms with E-state index in [4.69, 9.17) is 15.2 Å². The lowest BCUT2D eigenvalue weighted by atomic mass is 10.2. The van der Waals surface area contributed by atoms with Crippen molar-refractivity contribution in [3.63, 3.8) is 0 Å². The summed E-state index contributed by atoms with van der Waals surface area (Å²) in [6, 6.07) is 23.6. The van der Waals surface area contributed by atoms with Crippen molar-refractivity contribution < 1.29 is 14.3 Å². The van der Waals surface area contributed by atoms with E-state index in [1.54, 1.807) is 43.5 Å². The summed E-state index contributed by atoms with van der Waals surface area (Å²) < 4.78 is 12.4. The Balaban J connectivity index is 1.49. The molecule has 0 aliphatic carbocycles. The predicted octanol–water partition coefficient (Wildman–Crippen LogP) is 3.90. The van der Waals surface area contributed by atoms with Gasteiger partial charge in [-0.2, -0.15) is 4.68 Å². The minimum atomic E-state index is -0.467. The molecule has 0 saturated carbocycles. The third kappa shape index (κ3) is 3.93. The van der Waals surface area contributed by atoms with Crippen LogP contribution in [0.15, 0.2) is 78.9 Å². The maximum absolute atomic E-state index is 12.6. The van der Waals surface area contributed by atoms with Crippen molar-refractivity contribution in [2.24, 2.45) is 0 Å². The van der Waals surface area contributed by atoms with Crippen LogP contribution in [0.5, 0.6) is 17.2 Å². The van der Waals surface area contributed by atoms with Gasteiger partial charge < -0.3 is 20.5 Å². The number of hydrogen-bond donors (Lipinski definition) is 2. The van der Waals surface area contributed by atoms with Crippen LogP contribution in [0.4, 0.5) is 11.5 Å². The van der Waals surface area contributed by atoms with Crippen molar-refractivity contribution in [1.82, 2.24) is 15.0 Å². The molecule has 4 aromatic rings. The second-order valence-corrected chi connectivity index (χ2v) is 6.30. The number of nitrogen functional groups attached to an aromatic ring is 1. The maximum atomic E-state index is 12.6. The molecular formula is C22H19N5O3. The van der Waals surface area contributed by atoms with E-state index in [-0.39, 0.29) is 11.5 Å². The average molecular weight is 401 g/mol. The zero-order valence-corrected chi connectivity index (χ0v) is 16.1. The number of aromatic nitrogens is 3. The molecule has 0 radical (unpaired) electrons. The molecule has 0 fully saturated rings. The molecule has 8 nitrogen and oxygen atoms in total. The van der Waals surface area contributed by atoms with E-state index in [0.29, 0.717) is 22.9 Å². The van der Waals surface area contributed by atoms with Gasteiger partial charge in [-0.05, 0) is 48.5 Å². The molecule has 30 heavy (non-hydrogen) atoms. The Labute approximate surface area is 172 Å². The Kier molecular flexibility index (Phi) is 5.29. The highest BCUT2D eigenvalue weighted by Crippen LogP contribution is 2.26. The Morgan fingerprint density at radius 3 is 2.33 bits per heavy atom. The first kappa shape index (κ1) is 19.0. The molecule has 0 atom stereocenters. The largest absolute Gasteiger partial charge is 0.494 e. The van der Waals surface area contributed by atoms with Gasteiger partial charge in [0.1, 0.15) is 22.9 Å². The fraction of sp³-hybridized carbons (Fsp3) is 0.0455. The van der Waals surface area contributed by atoms with Crippen molar-refractivity contribution in [2.45, 2.75) is 0 Å². The molecule has 150 valence electrons. The zero-order valence-electron chi connectivity index (χ0n) is 16.1. The molecule has 0 aliphatic rings. The molecule has 1 heterocycles. The molecule has 0 spiro atoms. The van der Waals surface area contributed by atoms with E-state index in [0.717, 1.165) is 5.75 Å². The minimum absolute atomic E-state index is 0.0190. The molecule has 0 bridgehead atoms. The quantitative estimate of drug-likeness (QED) is 0.508. The van der Waals surface area contributed by atoms with Gasteiger partial charge >= 0.3 is 0 Å². The van der Waals surface area contributed by atoms with Gasteiger partial charge in [-0.3, -0.25) is 4.79 Å². The first-order chi connectivity index (χ1) is 14.7. The van der Waals surface area contributed by atoms with Crippen LogP contribution < -0.4 is 20.5 Å². The molecular weight excluding hydrogens is 382 g/mol. The Bertz CT molecular complexity index is 1160. The van der Waals surface area contributed by atoms with E-state index < -0.39 is 5.91 Å². The number of benzene rings is 3. The van der Waals surface area contributed by atoms with Gasteiger partial charge in [0.2, 0.25) is 0 Å². The molecule has 0 saturated heterocycles. The minimum Gasteiger partial charge on any atom is -0.494 e. The van der Waals surface area contributed by atoms with Gasteiger partial charge in [0.25, 0.3) is 5.91 Å². The Hall–Kier alpha value is -4.33. The first-order valence-corrected chi connectivity index (χ1v) is 9.14. The van der Waals surface area contributed by atoms with E-state index in [2.05, 4.69) is 15.6 Å². The number of nitrogens with one attached hydrogen (secondary N) is 1. The number of carbonyl (C=O) groups is 1. The summed E-state index contributed by atoms with van der Waals surface area (Å²) in [5, 5.41) is 10.7. The smallest absolute Gasteiger partial charge is 0.280 e. The topological polar surface area (TPSA) is 104 Å². The van der Waals surface area contributed by atoms with E-state index >= 15 is 0 Å². The van der Waals surface area contributed by atoms with Crippen molar-refractivity contribution in [1.29, 1.82) is 0 Å². The van der Waals surface area contributed by atoms with E-state index in [1.165, 1.54) is 4.68 Å². The summed E-state index contributed by atoms with van der Waals surface area (Å²) in [7, 11) is 1.55. The molecule has 1 amide bonds. The van der Waals surface area contributed by atoms with Gasteiger partial charge in [-0.15, -0.1) is 5.10 Å². The third-order valence-electron chi connectivity index (χ3n) is 4.32. The number of rotatable bonds is 6. The molecule has 8 heteroatoms. The summed E-state index contributed by atoms with van der Waals surface area (Å²) in [4.78, 5) is 12.6. The first-order valence-electron chi connectivity index (χ1n) is 9.14. The summed E-state index contributed by atoms with van der Waals surface area (Å²) >= 11 is 0. The maximum Gasteiger partial charge on any atom is 0.280 e. The van der Waals surface area contributed by atoms with Gasteiger partial charge in [0, 0.05) is 5.69 Å². The highest BCUT2D eigenvalue weighted by atomic mass is 16.5. The van der Waals surface area contributed by atoms with Crippen LogP contribution in [-0.4, -0.2) is 28.0 Å². The van der Waals surface area contributed by atoms with E-state index in [9.17, 15) is 4.79 Å². The SMILES string of the molecule is COc1ccccc1-n1nnc(C(=O)Nc2ccc(Oc3ccccc3)cc2)c1N. The van der Waals surface area contributed by atoms with Crippen LogP contribution >= 0.6 is 0 Å². The third-order valence-corrected chi connectivity index (χ3v) is 4.32. The second-order valence-electron chi connectivity index (χ2n) is 6.30. The van der Waals surface area contributed by atoms with Crippen LogP contribution in [0, 0.1) is 0 Å². The van der Waals surface area contributed by atoms with Crippen LogP contribution in [0.1, 0.15) is 10.5 Å². The molecule has 0 unspecified atom stereocenters. The van der Waals surface area contributed by atoms with Gasteiger partial charge in [0.15, 0.2) is 11.5 Å². The lowest BCUT2D eigenvalue weighted by Crippen LogP contribution is -2.15. The van der Waals surface area contributed by atoms with Crippen LogP contribution in [0.25, 0.3) is 5.69 Å². The standard InChI is InChI=1S/C22H19N5O3/c1-29-19-10-6-5-9-18(19)27-21(23)20(25-26-27)22(28)24-15-11-13-17(14-12-15)30-16-7-3-2-4-8-16/h2-14H,23H2,1H3,(H,24,28). The normalized spacial score (nSPS) is 10.4. The Morgan fingerprint density at radius 1 is 0.933 bits per heavy atom. The summed E-state index contributed by atoms with van der Waals surface area (Å²) in [6.07, 6.45) is 0. The van der Waals surface area contributed by atoms with E-state index in [1.807, 2.05) is 42.5 Å². The van der Waals surface area contributed by atoms with Crippen LogP contribution in [0.2, 0.25) is 0 Å². The zero-order chi connectivity index (χ0) is 20.9. The lowest BCUT2D eigenvalue weighted by molar-refractivity contribution is 0.102. The number of amides is 1. The van der Waals surface area contributed by atoms with Gasteiger partial charge in [0.05, 0.1) is 7.11 Å². The number of nitrogens with two attached hydrogens (primary N) is 1. The Morgan fingerprint density at radius 2 is 1.60 bits per heavy atom. The number of methoxy groups -OCH3 is 1. The molecule has 3 N–H and O–H groups in total. The van der Waals surface area contributed by atoms with Crippen molar-refractivity contribution in [2.75, 3.05) is 18.2 Å². The number of nitrogens with zero attached hydrogens (tertiary/aromatic N) is 3. The number of hydrogen-bond acceptors (Lipinski definition) is 6. The predicted molar refractivity (Wildman–Crippen MR) is 113 cm³/mol. The van der Waals surface area contributed by atoms with Crippen LogP contribution in [-0.2, 0) is 0 Å². The van der Waals surface area contributed by atoms with Crippen LogP contribution in [0.3, 0.4) is 0 Å². The lowest BCUT2D eigenvalue weighted by Gasteiger charge is -2.09. The monoisotopic (exact) mass is 401 g/mol. The highest BCUT2D eigenvalue weighted by Gasteiger charge is 2.20. The molecule has 1 aromatic heterocycles. The molecule has 3 aromatic carbocycles. The summed E-state index contributed by atoms with van der Waals surface area (Å²) in [6.45, 7) is 0. The summed E-state index contributed by atoms with van der Waals surface area (Å²) in [5.74, 6) is 1.59.